The average molecular weight is 277 g/mol. The fraction of sp³-hybridized carbons (Fsp3) is 0.818. The Morgan fingerprint density at radius 1 is 1.39 bits per heavy atom. The van der Waals surface area contributed by atoms with E-state index >= 15 is 0 Å². The fourth-order valence-electron chi connectivity index (χ4n) is 2.43. The summed E-state index contributed by atoms with van der Waals surface area (Å²) in [7, 11) is -3.45. The van der Waals surface area contributed by atoms with Crippen LogP contribution < -0.4 is 5.32 Å². The Bertz CT molecular complexity index is 444. The predicted molar refractivity (Wildman–Crippen MR) is 65.9 cm³/mol. The Balaban J connectivity index is 2.87. The Hall–Kier alpha value is -1.11. The quantitative estimate of drug-likeness (QED) is 0.763. The van der Waals surface area contributed by atoms with Gasteiger partial charge in [-0.3, -0.25) is 4.79 Å². The molecule has 2 N–H and O–H groups in total. The van der Waals surface area contributed by atoms with Gasteiger partial charge < -0.3 is 10.4 Å². The summed E-state index contributed by atoms with van der Waals surface area (Å²) in [4.78, 5) is 23.1. The molecule has 0 aromatic rings. The van der Waals surface area contributed by atoms with Gasteiger partial charge in [0.15, 0.2) is 9.84 Å². The van der Waals surface area contributed by atoms with Gasteiger partial charge in [-0.2, -0.15) is 0 Å². The molecule has 6 nitrogen and oxygen atoms in total. The highest BCUT2D eigenvalue weighted by Crippen LogP contribution is 2.33. The van der Waals surface area contributed by atoms with Crippen molar-refractivity contribution in [2.24, 2.45) is 5.92 Å². The smallest absolute Gasteiger partial charge is 0.329 e. The number of amides is 1. The molecule has 1 amide bonds. The Labute approximate surface area is 107 Å². The third kappa shape index (κ3) is 3.44. The molecule has 104 valence electrons. The van der Waals surface area contributed by atoms with Gasteiger partial charge in [-0.05, 0) is 18.8 Å². The molecule has 1 aliphatic rings. The van der Waals surface area contributed by atoms with E-state index in [0.717, 1.165) is 19.1 Å². The zero-order valence-electron chi connectivity index (χ0n) is 10.6. The number of aliphatic carboxylic acids is 1. The highest BCUT2D eigenvalue weighted by atomic mass is 32.2. The first-order valence-corrected chi connectivity index (χ1v) is 7.95. The van der Waals surface area contributed by atoms with Gasteiger partial charge in [0.05, 0.1) is 0 Å². The van der Waals surface area contributed by atoms with E-state index in [1.54, 1.807) is 6.92 Å². The van der Waals surface area contributed by atoms with Gasteiger partial charge in [-0.15, -0.1) is 0 Å². The maximum Gasteiger partial charge on any atom is 0.329 e. The van der Waals surface area contributed by atoms with Crippen molar-refractivity contribution in [3.05, 3.63) is 0 Å². The van der Waals surface area contributed by atoms with E-state index < -0.39 is 33.0 Å². The number of carboxylic acid groups (broad SMARTS) is 1. The lowest BCUT2D eigenvalue weighted by Gasteiger charge is -2.39. The van der Waals surface area contributed by atoms with E-state index in [1.807, 2.05) is 0 Å². The first-order valence-electron chi connectivity index (χ1n) is 5.89. The first-order chi connectivity index (χ1) is 8.17. The largest absolute Gasteiger partial charge is 0.479 e. The van der Waals surface area contributed by atoms with Crippen LogP contribution >= 0.6 is 0 Å². The molecule has 0 radical (unpaired) electrons. The SMILES string of the molecule is CC1CCCCC1(NC(=O)CS(C)(=O)=O)C(=O)O. The van der Waals surface area contributed by atoms with E-state index in [1.165, 1.54) is 0 Å². The van der Waals surface area contributed by atoms with Crippen LogP contribution in [0.1, 0.15) is 32.6 Å². The topological polar surface area (TPSA) is 101 Å². The van der Waals surface area contributed by atoms with Gasteiger partial charge >= 0.3 is 5.97 Å². The van der Waals surface area contributed by atoms with Crippen molar-refractivity contribution in [1.82, 2.24) is 5.32 Å². The van der Waals surface area contributed by atoms with E-state index in [-0.39, 0.29) is 5.92 Å². The van der Waals surface area contributed by atoms with Crippen LogP contribution in [0, 0.1) is 5.92 Å². The summed E-state index contributed by atoms with van der Waals surface area (Å²) in [6.07, 6.45) is 3.66. The highest BCUT2D eigenvalue weighted by Gasteiger charge is 2.46. The lowest BCUT2D eigenvalue weighted by molar-refractivity contribution is -0.151. The monoisotopic (exact) mass is 277 g/mol. The van der Waals surface area contributed by atoms with Crippen LogP contribution in [-0.4, -0.2) is 42.9 Å². The molecule has 1 saturated carbocycles. The van der Waals surface area contributed by atoms with Gasteiger partial charge in [0.25, 0.3) is 0 Å². The van der Waals surface area contributed by atoms with Gasteiger partial charge in [-0.1, -0.05) is 19.8 Å². The molecule has 0 aromatic carbocycles. The van der Waals surface area contributed by atoms with Crippen molar-refractivity contribution < 1.29 is 23.1 Å². The third-order valence-electron chi connectivity index (χ3n) is 3.44. The van der Waals surface area contributed by atoms with Crippen LogP contribution in [0.5, 0.6) is 0 Å². The van der Waals surface area contributed by atoms with Gasteiger partial charge in [0.2, 0.25) is 5.91 Å². The summed E-state index contributed by atoms with van der Waals surface area (Å²) in [6.45, 7) is 1.77. The summed E-state index contributed by atoms with van der Waals surface area (Å²) in [5, 5.41) is 11.8. The lowest BCUT2D eigenvalue weighted by atomic mass is 9.73. The van der Waals surface area contributed by atoms with Crippen LogP contribution in [0.2, 0.25) is 0 Å². The second-order valence-corrected chi connectivity index (χ2v) is 7.18. The first kappa shape index (κ1) is 14.9. The molecule has 7 heteroatoms. The number of hydrogen-bond acceptors (Lipinski definition) is 4. The number of rotatable bonds is 4. The minimum atomic E-state index is -3.45. The number of carboxylic acids is 1. The van der Waals surface area contributed by atoms with Crippen molar-refractivity contribution in [2.45, 2.75) is 38.1 Å². The molecule has 1 fully saturated rings. The Morgan fingerprint density at radius 3 is 2.44 bits per heavy atom. The van der Waals surface area contributed by atoms with Crippen LogP contribution in [-0.2, 0) is 19.4 Å². The summed E-state index contributed by atoms with van der Waals surface area (Å²) >= 11 is 0. The number of nitrogens with one attached hydrogen (secondary N) is 1. The van der Waals surface area contributed by atoms with E-state index in [2.05, 4.69) is 5.32 Å². The van der Waals surface area contributed by atoms with Crippen molar-refractivity contribution >= 4 is 21.7 Å². The minimum absolute atomic E-state index is 0.202. The second kappa shape index (κ2) is 5.26. The van der Waals surface area contributed by atoms with Gasteiger partial charge in [0, 0.05) is 6.26 Å². The van der Waals surface area contributed by atoms with Crippen LogP contribution in [0.15, 0.2) is 0 Å². The Kier molecular flexibility index (Phi) is 4.37. The third-order valence-corrected chi connectivity index (χ3v) is 4.22. The fourth-order valence-corrected chi connectivity index (χ4v) is 2.98. The summed E-state index contributed by atoms with van der Waals surface area (Å²) in [6, 6.07) is 0. The molecule has 0 saturated heterocycles. The zero-order valence-corrected chi connectivity index (χ0v) is 11.4. The minimum Gasteiger partial charge on any atom is -0.479 e. The molecular formula is C11H19NO5S. The van der Waals surface area contributed by atoms with Gasteiger partial charge in [0.1, 0.15) is 11.3 Å². The summed E-state index contributed by atoms with van der Waals surface area (Å²) in [5.41, 5.74) is -1.32. The molecule has 1 aliphatic carbocycles. The molecule has 0 heterocycles. The number of sulfone groups is 1. The average Bonchev–Trinajstić information content (AvgIpc) is 2.18. The maximum absolute atomic E-state index is 11.6. The molecule has 0 spiro atoms. The zero-order chi connectivity index (χ0) is 14.0. The van der Waals surface area contributed by atoms with E-state index in [0.29, 0.717) is 12.8 Å². The maximum atomic E-state index is 11.6. The number of carbonyl (C=O) groups is 2. The van der Waals surface area contributed by atoms with Crippen LogP contribution in [0.3, 0.4) is 0 Å². The van der Waals surface area contributed by atoms with Crippen molar-refractivity contribution in [3.8, 4) is 0 Å². The summed E-state index contributed by atoms with van der Waals surface area (Å²) < 4.78 is 22.1. The number of hydrogen-bond donors (Lipinski definition) is 2. The lowest BCUT2D eigenvalue weighted by Crippen LogP contribution is -2.60. The molecule has 0 aliphatic heterocycles. The van der Waals surface area contributed by atoms with E-state index in [4.69, 9.17) is 0 Å². The van der Waals surface area contributed by atoms with Crippen molar-refractivity contribution in [3.63, 3.8) is 0 Å². The number of carbonyl (C=O) groups excluding carboxylic acids is 1. The molecule has 18 heavy (non-hydrogen) atoms. The molecule has 0 bridgehead atoms. The molecule has 1 rings (SSSR count). The molecule has 0 aromatic heterocycles. The summed E-state index contributed by atoms with van der Waals surface area (Å²) in [5.74, 6) is -2.70. The Morgan fingerprint density at radius 2 is 2.00 bits per heavy atom. The van der Waals surface area contributed by atoms with Crippen LogP contribution in [0.4, 0.5) is 0 Å². The van der Waals surface area contributed by atoms with Crippen molar-refractivity contribution in [1.29, 1.82) is 0 Å². The van der Waals surface area contributed by atoms with Crippen molar-refractivity contribution in [2.75, 3.05) is 12.0 Å². The second-order valence-electron chi connectivity index (χ2n) is 5.04. The predicted octanol–water partition coefficient (Wildman–Crippen LogP) is 0.181. The van der Waals surface area contributed by atoms with Gasteiger partial charge in [-0.25, -0.2) is 13.2 Å². The molecule has 2 atom stereocenters. The standard InChI is InChI=1S/C11H19NO5S/c1-8-5-3-4-6-11(8,10(14)15)12-9(13)7-18(2,16)17/h8H,3-7H2,1-2H3,(H,12,13)(H,14,15). The van der Waals surface area contributed by atoms with Crippen LogP contribution in [0.25, 0.3) is 0 Å². The van der Waals surface area contributed by atoms with E-state index in [9.17, 15) is 23.1 Å². The normalized spacial score (nSPS) is 28.7. The molecule has 2 unspecified atom stereocenters. The highest BCUT2D eigenvalue weighted by molar-refractivity contribution is 7.91. The molecular weight excluding hydrogens is 258 g/mol.